The summed E-state index contributed by atoms with van der Waals surface area (Å²) in [5, 5.41) is 20.4. The number of hydrogen-bond acceptors (Lipinski definition) is 4. The van der Waals surface area contributed by atoms with E-state index in [4.69, 9.17) is 10.6 Å². The lowest BCUT2D eigenvalue weighted by Crippen LogP contribution is -2.45. The first-order chi connectivity index (χ1) is 8.79. The third-order valence-electron chi connectivity index (χ3n) is 2.63. The van der Waals surface area contributed by atoms with E-state index in [-0.39, 0.29) is 12.8 Å². The molecule has 1 amide bonds. The third-order valence-corrected chi connectivity index (χ3v) is 2.63. The van der Waals surface area contributed by atoms with E-state index >= 15 is 0 Å². The van der Waals surface area contributed by atoms with Crippen LogP contribution in [0, 0.1) is 5.92 Å². The highest BCUT2D eigenvalue weighted by Gasteiger charge is 2.25. The lowest BCUT2D eigenvalue weighted by Gasteiger charge is -2.18. The molecule has 0 aliphatic heterocycles. The minimum absolute atomic E-state index is 0.127. The molecule has 0 radical (unpaired) electrons. The Balaban J connectivity index is 4.50. The van der Waals surface area contributed by atoms with Crippen molar-refractivity contribution in [3.05, 3.63) is 5.53 Å². The molecule has 0 saturated heterocycles. The molecule has 0 rings (SSSR count). The lowest BCUT2D eigenvalue weighted by molar-refractivity contribution is -0.143. The number of aliphatic carboxylic acids is 1. The van der Waals surface area contributed by atoms with Crippen LogP contribution >= 0.6 is 0 Å². The van der Waals surface area contributed by atoms with E-state index in [1.807, 2.05) is 0 Å². The van der Waals surface area contributed by atoms with Gasteiger partial charge in [-0.05, 0) is 13.3 Å². The molecule has 0 saturated carbocycles. The van der Waals surface area contributed by atoms with Crippen molar-refractivity contribution in [2.45, 2.75) is 38.8 Å². The smallest absolute Gasteiger partial charge is 0.326 e. The molecule has 0 bridgehead atoms. The number of hydrogen-bond donors (Lipinski definition) is 3. The van der Waals surface area contributed by atoms with Crippen LogP contribution in [0.1, 0.15) is 26.7 Å². The number of amides is 1. The zero-order valence-electron chi connectivity index (χ0n) is 10.7. The Morgan fingerprint density at radius 3 is 2.37 bits per heavy atom. The number of nitrogens with zero attached hydrogens (tertiary/aromatic N) is 2. The van der Waals surface area contributed by atoms with Gasteiger partial charge in [-0.1, -0.05) is 6.92 Å². The first-order valence-electron chi connectivity index (χ1n) is 5.71. The van der Waals surface area contributed by atoms with Crippen LogP contribution in [0.25, 0.3) is 5.53 Å². The second-order valence-electron chi connectivity index (χ2n) is 4.18. The highest BCUT2D eigenvalue weighted by atomic mass is 16.4. The highest BCUT2D eigenvalue weighted by Crippen LogP contribution is 2.05. The fourth-order valence-electron chi connectivity index (χ4n) is 1.20. The summed E-state index contributed by atoms with van der Waals surface area (Å²) in [6, 6.07) is -1.23. The molecule has 8 heteroatoms. The van der Waals surface area contributed by atoms with Gasteiger partial charge in [0.15, 0.2) is 0 Å². The molecular formula is C11H17N3O5. The van der Waals surface area contributed by atoms with Gasteiger partial charge in [0.2, 0.25) is 11.7 Å². The van der Waals surface area contributed by atoms with Crippen molar-refractivity contribution in [2.24, 2.45) is 5.92 Å². The number of carbonyl (C=O) groups excluding carboxylic acids is 2. The van der Waals surface area contributed by atoms with E-state index in [1.165, 1.54) is 13.8 Å². The second kappa shape index (κ2) is 8.12. The highest BCUT2D eigenvalue weighted by molar-refractivity contribution is 6.25. The number of aliphatic hydroxyl groups is 1. The summed E-state index contributed by atoms with van der Waals surface area (Å²) in [5.74, 6) is -3.19. The van der Waals surface area contributed by atoms with Gasteiger partial charge in [0.05, 0.1) is 12.0 Å². The monoisotopic (exact) mass is 271 g/mol. The van der Waals surface area contributed by atoms with Gasteiger partial charge in [0, 0.05) is 6.42 Å². The van der Waals surface area contributed by atoms with Gasteiger partial charge in [-0.3, -0.25) is 9.59 Å². The van der Waals surface area contributed by atoms with Crippen LogP contribution in [0.15, 0.2) is 0 Å². The van der Waals surface area contributed by atoms with Crippen molar-refractivity contribution in [3.63, 3.8) is 0 Å². The van der Waals surface area contributed by atoms with Crippen LogP contribution in [0.3, 0.4) is 0 Å². The Bertz CT molecular complexity index is 401. The van der Waals surface area contributed by atoms with Crippen molar-refractivity contribution < 1.29 is 29.4 Å². The zero-order chi connectivity index (χ0) is 15.0. The lowest BCUT2D eigenvalue weighted by atomic mass is 10.0. The number of aliphatic hydroxyl groups excluding tert-OH is 1. The Morgan fingerprint density at radius 2 is 1.95 bits per heavy atom. The normalized spacial score (nSPS) is 14.7. The molecule has 19 heavy (non-hydrogen) atoms. The Morgan fingerprint density at radius 1 is 1.37 bits per heavy atom. The summed E-state index contributed by atoms with van der Waals surface area (Å²) in [6.45, 7) is 2.88. The number of carboxylic acids is 1. The van der Waals surface area contributed by atoms with Gasteiger partial charge in [0.1, 0.15) is 6.04 Å². The van der Waals surface area contributed by atoms with Crippen LogP contribution in [0.2, 0.25) is 0 Å². The van der Waals surface area contributed by atoms with E-state index in [0.717, 1.165) is 0 Å². The molecule has 0 aliphatic rings. The second-order valence-corrected chi connectivity index (χ2v) is 4.18. The van der Waals surface area contributed by atoms with Gasteiger partial charge in [-0.15, -0.1) is 0 Å². The van der Waals surface area contributed by atoms with Gasteiger partial charge in [0.25, 0.3) is 0 Å². The van der Waals surface area contributed by atoms with Crippen LogP contribution in [-0.4, -0.2) is 51.0 Å². The number of ketones is 1. The molecule has 106 valence electrons. The minimum atomic E-state index is -1.28. The zero-order valence-corrected chi connectivity index (χ0v) is 10.7. The maximum Gasteiger partial charge on any atom is 0.326 e. The topological polar surface area (TPSA) is 140 Å². The van der Waals surface area contributed by atoms with Crippen molar-refractivity contribution >= 4 is 23.9 Å². The van der Waals surface area contributed by atoms with E-state index in [9.17, 15) is 19.5 Å². The number of carboxylic acid groups (broad SMARTS) is 1. The molecule has 0 heterocycles. The SMILES string of the molecule is C[C@H](O)[C@@H](C)C(=O)NC(CCC(=O)C=[N+]=[N-])C(=O)O. The molecule has 0 spiro atoms. The van der Waals surface area contributed by atoms with Gasteiger partial charge in [-0.25, -0.2) is 4.79 Å². The summed E-state index contributed by atoms with van der Waals surface area (Å²) in [6.07, 6.45) is -0.542. The molecule has 0 aromatic rings. The molecular weight excluding hydrogens is 254 g/mol. The van der Waals surface area contributed by atoms with E-state index in [0.29, 0.717) is 6.21 Å². The number of carbonyl (C=O) groups is 3. The molecule has 0 aromatic heterocycles. The van der Waals surface area contributed by atoms with Crippen molar-refractivity contribution in [3.8, 4) is 0 Å². The van der Waals surface area contributed by atoms with Gasteiger partial charge >= 0.3 is 12.2 Å². The van der Waals surface area contributed by atoms with Crippen molar-refractivity contribution in [2.75, 3.05) is 0 Å². The van der Waals surface area contributed by atoms with E-state index in [2.05, 4.69) is 10.1 Å². The van der Waals surface area contributed by atoms with Crippen LogP contribution < -0.4 is 5.32 Å². The quantitative estimate of drug-likeness (QED) is 0.302. The Labute approximate surface area is 110 Å². The van der Waals surface area contributed by atoms with Crippen LogP contribution in [-0.2, 0) is 14.4 Å². The fraction of sp³-hybridized carbons (Fsp3) is 0.636. The van der Waals surface area contributed by atoms with Crippen LogP contribution in [0.5, 0.6) is 0 Å². The summed E-state index contributed by atoms with van der Waals surface area (Å²) in [4.78, 5) is 36.1. The number of rotatable bonds is 8. The van der Waals surface area contributed by atoms with E-state index < -0.39 is 35.7 Å². The average molecular weight is 271 g/mol. The predicted molar refractivity (Wildman–Crippen MR) is 64.3 cm³/mol. The van der Waals surface area contributed by atoms with Gasteiger partial charge in [-0.2, -0.15) is 4.79 Å². The predicted octanol–water partition coefficient (Wildman–Crippen LogP) is -0.777. The maximum absolute atomic E-state index is 11.6. The molecule has 0 fully saturated rings. The summed E-state index contributed by atoms with van der Waals surface area (Å²) in [5.41, 5.74) is 8.13. The first-order valence-corrected chi connectivity index (χ1v) is 5.71. The minimum Gasteiger partial charge on any atom is -0.480 e. The largest absolute Gasteiger partial charge is 0.480 e. The Hall–Kier alpha value is -2.05. The fourth-order valence-corrected chi connectivity index (χ4v) is 1.20. The third kappa shape index (κ3) is 6.44. The summed E-state index contributed by atoms with van der Waals surface area (Å²) < 4.78 is 0. The van der Waals surface area contributed by atoms with Gasteiger partial charge < -0.3 is 21.1 Å². The maximum atomic E-state index is 11.6. The molecule has 0 aliphatic carbocycles. The molecule has 8 nitrogen and oxygen atoms in total. The summed E-state index contributed by atoms with van der Waals surface area (Å²) >= 11 is 0. The number of nitrogens with one attached hydrogen (secondary N) is 1. The Kier molecular flexibility index (Phi) is 7.25. The first kappa shape index (κ1) is 16.9. The summed E-state index contributed by atoms with van der Waals surface area (Å²) in [7, 11) is 0. The van der Waals surface area contributed by atoms with E-state index in [1.54, 1.807) is 0 Å². The molecule has 3 N–H and O–H groups in total. The number of Topliss-reactive ketones (excluding diaryl/α,β-unsaturated/α-hetero) is 1. The molecule has 3 atom stereocenters. The standard InChI is InChI=1S/C11H17N3O5/c1-6(7(2)15)10(17)14-9(11(18)19)4-3-8(16)5-13-12/h5-7,9,15H,3-4H2,1-2H3,(H,14,17)(H,18,19)/t6-,7+,9?/m1/s1. The van der Waals surface area contributed by atoms with Crippen molar-refractivity contribution in [1.82, 2.24) is 5.32 Å². The molecule has 0 aromatic carbocycles. The van der Waals surface area contributed by atoms with Crippen LogP contribution in [0.4, 0.5) is 0 Å². The van der Waals surface area contributed by atoms with Crippen molar-refractivity contribution in [1.29, 1.82) is 0 Å². The average Bonchev–Trinajstić information content (AvgIpc) is 2.32. The molecule has 1 unspecified atom stereocenters.